The van der Waals surface area contributed by atoms with Gasteiger partial charge in [-0.3, -0.25) is 18.4 Å². The summed E-state index contributed by atoms with van der Waals surface area (Å²) in [6.07, 6.45) is 2.14. The number of aromatic hydroxyl groups is 6. The second-order valence-electron chi connectivity index (χ2n) is 12.6. The van der Waals surface area contributed by atoms with Gasteiger partial charge in [0.15, 0.2) is 23.0 Å². The average molecular weight is 809 g/mol. The maximum atomic E-state index is 12.1. The van der Waals surface area contributed by atoms with E-state index in [0.29, 0.717) is 21.9 Å². The van der Waals surface area contributed by atoms with E-state index in [-0.39, 0.29) is 128 Å². The Balaban J connectivity index is 0.00000504. The molecule has 0 fully saturated rings. The minimum Gasteiger partial charge on any atom is -0.726 e. The zero-order chi connectivity index (χ0) is 39.0. The van der Waals surface area contributed by atoms with Crippen molar-refractivity contribution >= 4 is 54.8 Å². The number of fused-ring (bicyclic) bond motifs is 2. The fraction of sp³-hybridized carbons (Fsp3) is 0.353. The third-order valence-electron chi connectivity index (χ3n) is 8.33. The predicted molar refractivity (Wildman–Crippen MR) is 191 cm³/mol. The van der Waals surface area contributed by atoms with E-state index in [1.807, 2.05) is 0 Å². The van der Waals surface area contributed by atoms with Crippen molar-refractivity contribution in [3.63, 3.8) is 0 Å². The van der Waals surface area contributed by atoms with Crippen molar-refractivity contribution in [2.75, 3.05) is 26.3 Å². The third-order valence-corrected chi connectivity index (χ3v) is 9.24. The minimum absolute atomic E-state index is 0. The molecule has 0 aromatic heterocycles. The Morgan fingerprint density at radius 2 is 0.926 bits per heavy atom. The van der Waals surface area contributed by atoms with E-state index in [0.717, 1.165) is 12.4 Å². The second-order valence-corrected chi connectivity index (χ2v) is 14.7. The molecular weight excluding hydrogens is 770 g/mol. The fourth-order valence-electron chi connectivity index (χ4n) is 6.32. The van der Waals surface area contributed by atoms with Gasteiger partial charge in [-0.2, -0.15) is 0 Å². The van der Waals surface area contributed by atoms with Crippen molar-refractivity contribution in [2.24, 2.45) is 9.98 Å². The second kappa shape index (κ2) is 18.5. The third kappa shape index (κ3) is 9.98. The number of hydrogen-bond donors (Lipinski definition) is 6. The molecule has 0 amide bonds. The first kappa shape index (κ1) is 47.4. The molecule has 0 heterocycles. The van der Waals surface area contributed by atoms with Gasteiger partial charge >= 0.3 is 59.1 Å². The van der Waals surface area contributed by atoms with Crippen LogP contribution >= 0.6 is 0 Å². The molecule has 0 saturated heterocycles. The molecule has 282 valence electrons. The molecule has 0 saturated carbocycles. The summed E-state index contributed by atoms with van der Waals surface area (Å²) in [5, 5.41) is 69.2. The fourth-order valence-corrected chi connectivity index (χ4v) is 6.88. The minimum atomic E-state index is -4.99. The number of aryl methyl sites for hydroxylation is 2. The molecule has 6 N–H and O–H groups in total. The van der Waals surface area contributed by atoms with E-state index >= 15 is 0 Å². The van der Waals surface area contributed by atoms with Crippen LogP contribution in [0.5, 0.6) is 34.5 Å². The van der Waals surface area contributed by atoms with E-state index < -0.39 is 68.5 Å². The molecular formula is C34H38N2Na2O14S2. The van der Waals surface area contributed by atoms with Crippen LogP contribution in [0.25, 0.3) is 32.7 Å². The van der Waals surface area contributed by atoms with Crippen LogP contribution in [0.15, 0.2) is 22.1 Å². The van der Waals surface area contributed by atoms with Gasteiger partial charge in [0.1, 0.15) is 11.5 Å². The molecule has 0 unspecified atom stereocenters. The van der Waals surface area contributed by atoms with Gasteiger partial charge in [0.05, 0.1) is 26.3 Å². The van der Waals surface area contributed by atoms with Gasteiger partial charge in [-0.05, 0) is 47.6 Å². The Labute approximate surface area is 356 Å². The number of phenols is 6. The molecule has 0 aliphatic heterocycles. The van der Waals surface area contributed by atoms with Gasteiger partial charge in [-0.25, -0.2) is 16.8 Å². The standard InChI is InChI=1S/C34H40N2O14S2.2Na/c1-15(2)23-19-11-17(5)25(31(39)27(19)21(29(37)33(23)41)13-35-7-9-49-51(43,44)45)26-18(6)12-20-24(16(3)4)34(42)30(38)22(28(20)32(26)40)14-36-8-10-50-52(46,47)48;;/h11-16,37-42H,7-10H2,1-6H3,(H,43,44,45)(H,46,47,48);;/q;2*+1/p-2. The van der Waals surface area contributed by atoms with Crippen LogP contribution in [-0.4, -0.2) is 95.3 Å². The summed E-state index contributed by atoms with van der Waals surface area (Å²) < 4.78 is 73.2. The van der Waals surface area contributed by atoms with E-state index in [4.69, 9.17) is 0 Å². The van der Waals surface area contributed by atoms with Crippen molar-refractivity contribution < 1.29 is 124 Å². The van der Waals surface area contributed by atoms with Gasteiger partial charge in [-0.1, -0.05) is 39.8 Å². The maximum absolute atomic E-state index is 12.1. The zero-order valence-corrected chi connectivity index (χ0v) is 36.6. The Morgan fingerprint density at radius 1 is 0.611 bits per heavy atom. The molecule has 4 rings (SSSR count). The normalized spacial score (nSPS) is 12.4. The smallest absolute Gasteiger partial charge is 0.726 e. The summed E-state index contributed by atoms with van der Waals surface area (Å²) in [5.41, 5.74) is 1.20. The predicted octanol–water partition coefficient (Wildman–Crippen LogP) is -1.44. The average Bonchev–Trinajstić information content (AvgIpc) is 3.00. The van der Waals surface area contributed by atoms with Crippen molar-refractivity contribution in [2.45, 2.75) is 53.4 Å². The van der Waals surface area contributed by atoms with Crippen LogP contribution in [0.3, 0.4) is 0 Å². The van der Waals surface area contributed by atoms with E-state index in [1.54, 1.807) is 53.7 Å². The topological polar surface area (TPSA) is 279 Å². The number of rotatable bonds is 13. The number of aliphatic imine (C=N–C) groups is 2. The van der Waals surface area contributed by atoms with Crippen molar-refractivity contribution in [1.29, 1.82) is 0 Å². The Bertz CT molecular complexity index is 2200. The molecule has 4 aromatic rings. The van der Waals surface area contributed by atoms with Gasteiger partial charge in [0.25, 0.3) is 0 Å². The van der Waals surface area contributed by atoms with Crippen molar-refractivity contribution in [3.05, 3.63) is 45.5 Å². The summed E-state index contributed by atoms with van der Waals surface area (Å²) in [7, 11) is -9.98. The molecule has 0 aliphatic rings. The molecule has 0 radical (unpaired) electrons. The maximum Gasteiger partial charge on any atom is 1.00 e. The van der Waals surface area contributed by atoms with Gasteiger partial charge in [-0.15, -0.1) is 0 Å². The molecule has 16 nitrogen and oxygen atoms in total. The molecule has 20 heteroatoms. The summed E-state index contributed by atoms with van der Waals surface area (Å²) in [5.74, 6) is -3.95. The quantitative estimate of drug-likeness (QED) is 0.0225. The number of nitrogens with zero attached hydrogens (tertiary/aromatic N) is 2. The number of benzene rings is 4. The molecule has 0 bridgehead atoms. The molecule has 0 atom stereocenters. The van der Waals surface area contributed by atoms with Crippen LogP contribution in [0, 0.1) is 13.8 Å². The molecule has 54 heavy (non-hydrogen) atoms. The van der Waals surface area contributed by atoms with Crippen molar-refractivity contribution in [3.8, 4) is 45.6 Å². The molecule has 4 aromatic carbocycles. The summed E-state index contributed by atoms with van der Waals surface area (Å²) in [6.45, 7) is 8.37. The van der Waals surface area contributed by atoms with Crippen LogP contribution in [0.2, 0.25) is 0 Å². The van der Waals surface area contributed by atoms with Crippen LogP contribution < -0.4 is 59.1 Å². The number of hydrogen-bond acceptors (Lipinski definition) is 16. The Kier molecular flexibility index (Phi) is 16.2. The van der Waals surface area contributed by atoms with Crippen LogP contribution in [0.4, 0.5) is 0 Å². The van der Waals surface area contributed by atoms with Crippen LogP contribution in [-0.2, 0) is 29.2 Å². The van der Waals surface area contributed by atoms with E-state index in [2.05, 4.69) is 18.4 Å². The van der Waals surface area contributed by atoms with E-state index in [1.165, 1.54) is 0 Å². The largest absolute Gasteiger partial charge is 1.00 e. The Morgan fingerprint density at radius 3 is 1.20 bits per heavy atom. The van der Waals surface area contributed by atoms with E-state index in [9.17, 15) is 56.6 Å². The van der Waals surface area contributed by atoms with Crippen molar-refractivity contribution in [1.82, 2.24) is 0 Å². The Hall–Kier alpha value is -2.72. The first-order valence-electron chi connectivity index (χ1n) is 15.8. The summed E-state index contributed by atoms with van der Waals surface area (Å²) in [6, 6.07) is 3.26. The first-order valence-corrected chi connectivity index (χ1v) is 18.4. The summed E-state index contributed by atoms with van der Waals surface area (Å²) in [4.78, 5) is 8.03. The van der Waals surface area contributed by atoms with Gasteiger partial charge in [0, 0.05) is 56.6 Å². The monoisotopic (exact) mass is 808 g/mol. The van der Waals surface area contributed by atoms with Gasteiger partial charge < -0.3 is 39.7 Å². The van der Waals surface area contributed by atoms with Crippen LogP contribution in [0.1, 0.15) is 72.9 Å². The summed E-state index contributed by atoms with van der Waals surface area (Å²) >= 11 is 0. The molecule has 0 aliphatic carbocycles. The zero-order valence-electron chi connectivity index (χ0n) is 31.0. The van der Waals surface area contributed by atoms with Gasteiger partial charge in [0.2, 0.25) is 20.8 Å². The number of phenolic OH excluding ortho intramolecular Hbond substituents is 6. The SMILES string of the molecule is Cc1cc2c(C(C)C)c(O)c(O)c(C=NCCOS(=O)(=O)[O-])c2c(O)c1-c1c(C)cc2c(C(C)C)c(O)c(O)c(C=NCCOS(=O)(=O)[O-])c2c1O.[Na+].[Na+]. The first-order chi connectivity index (χ1) is 24.1. The molecule has 0 spiro atoms.